The molecule has 5 nitrogen and oxygen atoms in total. The van der Waals surface area contributed by atoms with E-state index < -0.39 is 0 Å². The van der Waals surface area contributed by atoms with Gasteiger partial charge in [0.15, 0.2) is 0 Å². The Kier molecular flexibility index (Phi) is 2.84. The molecular formula is C15H17ClN4O. The zero-order valence-corrected chi connectivity index (χ0v) is 12.6. The van der Waals surface area contributed by atoms with Crippen molar-refractivity contribution < 1.29 is 5.11 Å². The van der Waals surface area contributed by atoms with Gasteiger partial charge in [-0.1, -0.05) is 11.6 Å². The Morgan fingerprint density at radius 2 is 2.10 bits per heavy atom. The van der Waals surface area contributed by atoms with Gasteiger partial charge < -0.3 is 9.67 Å². The van der Waals surface area contributed by atoms with Gasteiger partial charge in [0.2, 0.25) is 0 Å². The third kappa shape index (κ3) is 2.07. The first kappa shape index (κ1) is 13.2. The molecule has 0 radical (unpaired) electrons. The van der Waals surface area contributed by atoms with Crippen LogP contribution in [0.2, 0.25) is 5.15 Å². The average Bonchev–Trinajstić information content (AvgIpc) is 3.17. The van der Waals surface area contributed by atoms with Crippen molar-refractivity contribution in [3.63, 3.8) is 0 Å². The minimum Gasteiger partial charge on any atom is -0.393 e. The molecule has 2 fully saturated rings. The summed E-state index contributed by atoms with van der Waals surface area (Å²) in [4.78, 5) is 4.45. The molecule has 21 heavy (non-hydrogen) atoms. The summed E-state index contributed by atoms with van der Waals surface area (Å²) in [7, 11) is 1.94. The fraction of sp³-hybridized carbons (Fsp3) is 0.533. The van der Waals surface area contributed by atoms with Crippen LogP contribution < -0.4 is 0 Å². The molecule has 0 aromatic carbocycles. The van der Waals surface area contributed by atoms with Gasteiger partial charge in [0.05, 0.1) is 11.5 Å². The largest absolute Gasteiger partial charge is 0.393 e. The van der Waals surface area contributed by atoms with E-state index in [1.807, 2.05) is 17.7 Å². The number of hydrogen-bond donors (Lipinski definition) is 1. The first-order valence-electron chi connectivity index (χ1n) is 7.29. The second kappa shape index (κ2) is 4.52. The van der Waals surface area contributed by atoms with Gasteiger partial charge in [0.1, 0.15) is 17.3 Å². The molecular weight excluding hydrogens is 288 g/mol. The van der Waals surface area contributed by atoms with E-state index in [9.17, 15) is 5.11 Å². The van der Waals surface area contributed by atoms with Crippen molar-refractivity contribution in [3.8, 4) is 0 Å². The maximum atomic E-state index is 9.89. The van der Waals surface area contributed by atoms with Crippen LogP contribution in [0.25, 0.3) is 0 Å². The van der Waals surface area contributed by atoms with Gasteiger partial charge >= 0.3 is 0 Å². The minimum atomic E-state index is -0.294. The maximum Gasteiger partial charge on any atom is 0.143 e. The SMILES string of the molecule is Cn1cnnc1C1(c2cc(Cl)nc(C3CC3)c2)CC(O)C1. The number of rotatable bonds is 3. The normalized spacial score (nSPS) is 28.4. The van der Waals surface area contributed by atoms with Crippen LogP contribution in [0, 0.1) is 0 Å². The lowest BCUT2D eigenvalue weighted by Gasteiger charge is -2.44. The van der Waals surface area contributed by atoms with E-state index >= 15 is 0 Å². The van der Waals surface area contributed by atoms with E-state index in [1.165, 1.54) is 12.8 Å². The summed E-state index contributed by atoms with van der Waals surface area (Å²) in [5.41, 5.74) is 1.88. The van der Waals surface area contributed by atoms with Crippen LogP contribution in [0.1, 0.15) is 48.7 Å². The number of aromatic nitrogens is 4. The Balaban J connectivity index is 1.83. The van der Waals surface area contributed by atoms with Gasteiger partial charge in [-0.05, 0) is 43.4 Å². The van der Waals surface area contributed by atoms with E-state index in [0.717, 1.165) is 17.1 Å². The quantitative estimate of drug-likeness (QED) is 0.883. The first-order valence-corrected chi connectivity index (χ1v) is 7.67. The molecule has 2 aliphatic carbocycles. The molecule has 0 amide bonds. The van der Waals surface area contributed by atoms with Gasteiger partial charge in [-0.25, -0.2) is 4.98 Å². The smallest absolute Gasteiger partial charge is 0.143 e. The molecule has 6 heteroatoms. The second-order valence-corrected chi connectivity index (χ2v) is 6.67. The highest BCUT2D eigenvalue weighted by atomic mass is 35.5. The van der Waals surface area contributed by atoms with Gasteiger partial charge in [-0.15, -0.1) is 10.2 Å². The van der Waals surface area contributed by atoms with E-state index in [4.69, 9.17) is 11.6 Å². The van der Waals surface area contributed by atoms with Crippen LogP contribution in [0.5, 0.6) is 0 Å². The van der Waals surface area contributed by atoms with Crippen molar-refractivity contribution in [3.05, 3.63) is 40.7 Å². The summed E-state index contributed by atoms with van der Waals surface area (Å²) < 4.78 is 1.93. The maximum absolute atomic E-state index is 9.89. The van der Waals surface area contributed by atoms with E-state index in [1.54, 1.807) is 6.33 Å². The Morgan fingerprint density at radius 1 is 1.33 bits per heavy atom. The van der Waals surface area contributed by atoms with Crippen molar-refractivity contribution in [1.29, 1.82) is 0 Å². The molecule has 2 aromatic heterocycles. The van der Waals surface area contributed by atoms with Gasteiger partial charge in [-0.3, -0.25) is 0 Å². The molecule has 0 bridgehead atoms. The summed E-state index contributed by atoms with van der Waals surface area (Å²) in [6, 6.07) is 4.05. The fourth-order valence-electron chi connectivity index (χ4n) is 3.39. The van der Waals surface area contributed by atoms with Crippen LogP contribution in [-0.4, -0.2) is 31.0 Å². The van der Waals surface area contributed by atoms with Crippen LogP contribution in [0.3, 0.4) is 0 Å². The highest BCUT2D eigenvalue weighted by molar-refractivity contribution is 6.29. The zero-order chi connectivity index (χ0) is 14.6. The van der Waals surface area contributed by atoms with E-state index in [-0.39, 0.29) is 11.5 Å². The van der Waals surface area contributed by atoms with Gasteiger partial charge in [0.25, 0.3) is 0 Å². The predicted molar refractivity (Wildman–Crippen MR) is 78.2 cm³/mol. The molecule has 2 aromatic rings. The molecule has 0 aliphatic heterocycles. The molecule has 0 saturated heterocycles. The van der Waals surface area contributed by atoms with Crippen molar-refractivity contribution in [2.45, 2.75) is 43.1 Å². The Labute approximate surface area is 128 Å². The highest BCUT2D eigenvalue weighted by Gasteiger charge is 2.50. The van der Waals surface area contributed by atoms with Gasteiger partial charge in [-0.2, -0.15) is 0 Å². The van der Waals surface area contributed by atoms with Gasteiger partial charge in [0, 0.05) is 18.7 Å². The minimum absolute atomic E-state index is 0.291. The number of nitrogens with zero attached hydrogens (tertiary/aromatic N) is 4. The van der Waals surface area contributed by atoms with Crippen molar-refractivity contribution in [1.82, 2.24) is 19.7 Å². The summed E-state index contributed by atoms with van der Waals surface area (Å²) >= 11 is 6.23. The van der Waals surface area contributed by atoms with Crippen LogP contribution in [0.15, 0.2) is 18.5 Å². The Bertz CT molecular complexity index is 689. The lowest BCUT2D eigenvalue weighted by Crippen LogP contribution is -2.47. The highest BCUT2D eigenvalue weighted by Crippen LogP contribution is 2.50. The topological polar surface area (TPSA) is 63.8 Å². The van der Waals surface area contributed by atoms with Crippen molar-refractivity contribution >= 4 is 11.6 Å². The monoisotopic (exact) mass is 304 g/mol. The van der Waals surface area contributed by atoms with Crippen LogP contribution in [0.4, 0.5) is 0 Å². The van der Waals surface area contributed by atoms with Crippen LogP contribution >= 0.6 is 11.6 Å². The number of halogens is 1. The summed E-state index contributed by atoms with van der Waals surface area (Å²) in [5.74, 6) is 1.43. The Morgan fingerprint density at radius 3 is 2.67 bits per heavy atom. The molecule has 4 rings (SSSR count). The predicted octanol–water partition coefficient (Wildman–Crippen LogP) is 2.18. The third-order valence-electron chi connectivity index (χ3n) is 4.67. The summed E-state index contributed by atoms with van der Waals surface area (Å²) in [6.07, 6.45) is 5.09. The fourth-order valence-corrected chi connectivity index (χ4v) is 3.61. The molecule has 1 N–H and O–H groups in total. The number of aryl methyl sites for hydroxylation is 1. The third-order valence-corrected chi connectivity index (χ3v) is 4.86. The molecule has 110 valence electrons. The number of pyridine rings is 1. The number of aliphatic hydroxyl groups excluding tert-OH is 1. The lowest BCUT2D eigenvalue weighted by molar-refractivity contribution is 0.0322. The molecule has 0 atom stereocenters. The molecule has 0 unspecified atom stereocenters. The summed E-state index contributed by atoms with van der Waals surface area (Å²) in [5, 5.41) is 18.7. The zero-order valence-electron chi connectivity index (χ0n) is 11.8. The lowest BCUT2D eigenvalue weighted by atomic mass is 9.62. The molecule has 2 aliphatic rings. The number of hydrogen-bond acceptors (Lipinski definition) is 4. The van der Waals surface area contributed by atoms with E-state index in [2.05, 4.69) is 21.2 Å². The van der Waals surface area contributed by atoms with Crippen LogP contribution in [-0.2, 0) is 12.5 Å². The molecule has 0 spiro atoms. The van der Waals surface area contributed by atoms with Crippen molar-refractivity contribution in [2.75, 3.05) is 0 Å². The number of aliphatic hydroxyl groups is 1. The average molecular weight is 305 g/mol. The standard InChI is InChI=1S/C15H17ClN4O/c1-20-8-17-19-14(20)15(6-11(21)7-15)10-4-12(9-2-3-9)18-13(16)5-10/h4-5,8-9,11,21H,2-3,6-7H2,1H3. The molecule has 2 heterocycles. The Hall–Kier alpha value is -1.46. The van der Waals surface area contributed by atoms with Crippen molar-refractivity contribution in [2.24, 2.45) is 7.05 Å². The van der Waals surface area contributed by atoms with E-state index in [0.29, 0.717) is 23.9 Å². The second-order valence-electron chi connectivity index (χ2n) is 6.29. The first-order chi connectivity index (χ1) is 10.1. The molecule has 2 saturated carbocycles. The summed E-state index contributed by atoms with van der Waals surface area (Å²) in [6.45, 7) is 0.